The van der Waals surface area contributed by atoms with Gasteiger partial charge in [0.15, 0.2) is 0 Å². The number of anilines is 2. The van der Waals surface area contributed by atoms with E-state index in [0.717, 1.165) is 6.42 Å². The van der Waals surface area contributed by atoms with Gasteiger partial charge in [-0.05, 0) is 24.6 Å². The Labute approximate surface area is 114 Å². The maximum Gasteiger partial charge on any atom is 0.225 e. The number of carbonyl (C=O) groups is 1. The minimum Gasteiger partial charge on any atom is -0.397 e. The predicted octanol–water partition coefficient (Wildman–Crippen LogP) is 2.41. The van der Waals surface area contributed by atoms with Gasteiger partial charge in [-0.15, -0.1) is 0 Å². The van der Waals surface area contributed by atoms with Crippen molar-refractivity contribution in [2.45, 2.75) is 19.8 Å². The van der Waals surface area contributed by atoms with Crippen molar-refractivity contribution in [3.8, 4) is 0 Å². The van der Waals surface area contributed by atoms with Crippen LogP contribution in [0, 0.1) is 0 Å². The van der Waals surface area contributed by atoms with Gasteiger partial charge in [0.05, 0.1) is 11.4 Å². The summed E-state index contributed by atoms with van der Waals surface area (Å²) in [6, 6.07) is 4.88. The second-order valence-electron chi connectivity index (χ2n) is 3.88. The van der Waals surface area contributed by atoms with E-state index in [-0.39, 0.29) is 12.3 Å². The number of benzene rings is 1. The molecule has 0 aliphatic heterocycles. The molecule has 1 unspecified atom stereocenters. The van der Waals surface area contributed by atoms with Crippen LogP contribution in [0.1, 0.15) is 19.8 Å². The lowest BCUT2D eigenvalue weighted by Gasteiger charge is -2.08. The van der Waals surface area contributed by atoms with Crippen LogP contribution in [0.15, 0.2) is 18.2 Å². The van der Waals surface area contributed by atoms with Crippen LogP contribution in [0.25, 0.3) is 0 Å². The van der Waals surface area contributed by atoms with E-state index < -0.39 is 10.8 Å². The summed E-state index contributed by atoms with van der Waals surface area (Å²) in [6.45, 7) is 1.96. The number of carbonyl (C=O) groups excluding carboxylic acids is 1. The fourth-order valence-corrected chi connectivity index (χ4v) is 2.65. The summed E-state index contributed by atoms with van der Waals surface area (Å²) in [5.41, 5.74) is 6.67. The SMILES string of the molecule is CCCS(=O)CCC(=O)Nc1ccc(Cl)cc1N. The zero-order chi connectivity index (χ0) is 13.5. The number of nitrogens with two attached hydrogens (primary N) is 1. The highest BCUT2D eigenvalue weighted by molar-refractivity contribution is 7.84. The molecular formula is C12H17ClN2O2S. The van der Waals surface area contributed by atoms with E-state index in [1.807, 2.05) is 6.92 Å². The third-order valence-corrected chi connectivity index (χ3v) is 4.03. The summed E-state index contributed by atoms with van der Waals surface area (Å²) < 4.78 is 11.4. The van der Waals surface area contributed by atoms with E-state index in [1.54, 1.807) is 18.2 Å². The largest absolute Gasteiger partial charge is 0.397 e. The number of halogens is 1. The van der Waals surface area contributed by atoms with Crippen molar-refractivity contribution in [2.75, 3.05) is 22.6 Å². The van der Waals surface area contributed by atoms with Crippen LogP contribution >= 0.6 is 11.6 Å². The summed E-state index contributed by atoms with van der Waals surface area (Å²) >= 11 is 5.76. The standard InChI is InChI=1S/C12H17ClN2O2S/c1-2-6-18(17)7-5-12(16)15-11-4-3-9(13)8-10(11)14/h3-4,8H,2,5-7,14H2,1H3,(H,15,16). The average Bonchev–Trinajstić information content (AvgIpc) is 2.31. The fraction of sp³-hybridized carbons (Fsp3) is 0.417. The van der Waals surface area contributed by atoms with Crippen molar-refractivity contribution in [3.05, 3.63) is 23.2 Å². The third kappa shape index (κ3) is 5.06. The Morgan fingerprint density at radius 2 is 2.17 bits per heavy atom. The van der Waals surface area contributed by atoms with Crippen LogP contribution in [0.2, 0.25) is 5.02 Å². The molecule has 1 atom stereocenters. The van der Waals surface area contributed by atoms with Gasteiger partial charge in [-0.2, -0.15) is 0 Å². The number of rotatable bonds is 6. The van der Waals surface area contributed by atoms with Crippen molar-refractivity contribution in [3.63, 3.8) is 0 Å². The molecule has 0 saturated heterocycles. The highest BCUT2D eigenvalue weighted by Crippen LogP contribution is 2.22. The summed E-state index contributed by atoms with van der Waals surface area (Å²) in [4.78, 5) is 11.6. The molecule has 0 aromatic heterocycles. The van der Waals surface area contributed by atoms with Gasteiger partial charge in [-0.3, -0.25) is 9.00 Å². The number of hydrogen-bond acceptors (Lipinski definition) is 3. The summed E-state index contributed by atoms with van der Waals surface area (Å²) in [7, 11) is -0.921. The molecule has 1 aromatic carbocycles. The Morgan fingerprint density at radius 3 is 2.78 bits per heavy atom. The molecule has 0 fully saturated rings. The van der Waals surface area contributed by atoms with Crippen molar-refractivity contribution >= 4 is 39.7 Å². The molecule has 18 heavy (non-hydrogen) atoms. The Morgan fingerprint density at radius 1 is 1.44 bits per heavy atom. The van der Waals surface area contributed by atoms with Gasteiger partial charge < -0.3 is 11.1 Å². The molecule has 100 valence electrons. The lowest BCUT2D eigenvalue weighted by molar-refractivity contribution is -0.115. The lowest BCUT2D eigenvalue weighted by atomic mass is 10.2. The van der Waals surface area contributed by atoms with Gasteiger partial charge in [0.25, 0.3) is 0 Å². The van der Waals surface area contributed by atoms with Gasteiger partial charge in [0.2, 0.25) is 5.91 Å². The molecular weight excluding hydrogens is 272 g/mol. The summed E-state index contributed by atoms with van der Waals surface area (Å²) in [5, 5.41) is 3.20. The molecule has 0 saturated carbocycles. The molecule has 3 N–H and O–H groups in total. The van der Waals surface area contributed by atoms with Gasteiger partial charge in [-0.1, -0.05) is 18.5 Å². The maximum atomic E-state index is 11.6. The first-order valence-electron chi connectivity index (χ1n) is 5.72. The van der Waals surface area contributed by atoms with E-state index in [2.05, 4.69) is 5.32 Å². The molecule has 0 radical (unpaired) electrons. The Balaban J connectivity index is 2.47. The van der Waals surface area contributed by atoms with Crippen molar-refractivity contribution in [1.82, 2.24) is 0 Å². The van der Waals surface area contributed by atoms with Crippen molar-refractivity contribution in [1.29, 1.82) is 0 Å². The van der Waals surface area contributed by atoms with Gasteiger partial charge in [0.1, 0.15) is 0 Å². The Bertz CT molecular complexity index is 452. The molecule has 4 nitrogen and oxygen atoms in total. The monoisotopic (exact) mass is 288 g/mol. The predicted molar refractivity (Wildman–Crippen MR) is 77.3 cm³/mol. The van der Waals surface area contributed by atoms with Crippen LogP contribution in [-0.2, 0) is 15.6 Å². The molecule has 0 aliphatic carbocycles. The Kier molecular flexibility index (Phi) is 6.15. The van der Waals surface area contributed by atoms with E-state index >= 15 is 0 Å². The molecule has 1 rings (SSSR count). The number of amides is 1. The van der Waals surface area contributed by atoms with Crippen LogP contribution in [-0.4, -0.2) is 21.6 Å². The van der Waals surface area contributed by atoms with Crippen molar-refractivity contribution in [2.24, 2.45) is 0 Å². The first kappa shape index (κ1) is 15.0. The first-order valence-corrected chi connectivity index (χ1v) is 7.59. The highest BCUT2D eigenvalue weighted by atomic mass is 35.5. The van der Waals surface area contributed by atoms with E-state index in [9.17, 15) is 9.00 Å². The topological polar surface area (TPSA) is 72.2 Å². The van der Waals surface area contributed by atoms with Crippen LogP contribution < -0.4 is 11.1 Å². The molecule has 0 heterocycles. The van der Waals surface area contributed by atoms with Gasteiger partial charge in [0, 0.05) is 33.7 Å². The minimum absolute atomic E-state index is 0.187. The number of nitrogens with one attached hydrogen (secondary N) is 1. The lowest BCUT2D eigenvalue weighted by Crippen LogP contribution is -2.16. The molecule has 1 aromatic rings. The molecule has 6 heteroatoms. The second-order valence-corrected chi connectivity index (χ2v) is 6.01. The third-order valence-electron chi connectivity index (χ3n) is 2.28. The quantitative estimate of drug-likeness (QED) is 0.790. The molecule has 0 bridgehead atoms. The zero-order valence-corrected chi connectivity index (χ0v) is 11.8. The highest BCUT2D eigenvalue weighted by Gasteiger charge is 2.07. The molecule has 0 spiro atoms. The number of hydrogen-bond donors (Lipinski definition) is 2. The summed E-state index contributed by atoms with van der Waals surface area (Å²) in [6.07, 6.45) is 1.09. The molecule has 1 amide bonds. The first-order chi connectivity index (χ1) is 8.52. The van der Waals surface area contributed by atoms with Crippen LogP contribution in [0.4, 0.5) is 11.4 Å². The fourth-order valence-electron chi connectivity index (χ4n) is 1.40. The van der Waals surface area contributed by atoms with Gasteiger partial charge in [-0.25, -0.2) is 0 Å². The smallest absolute Gasteiger partial charge is 0.225 e. The average molecular weight is 289 g/mol. The Hall–Kier alpha value is -1.07. The molecule has 0 aliphatic rings. The van der Waals surface area contributed by atoms with Crippen LogP contribution in [0.3, 0.4) is 0 Å². The second kappa shape index (κ2) is 7.38. The van der Waals surface area contributed by atoms with E-state index in [0.29, 0.717) is 27.9 Å². The zero-order valence-electron chi connectivity index (χ0n) is 10.2. The number of nitrogen functional groups attached to an aromatic ring is 1. The van der Waals surface area contributed by atoms with E-state index in [4.69, 9.17) is 17.3 Å². The maximum absolute atomic E-state index is 11.6. The van der Waals surface area contributed by atoms with Crippen LogP contribution in [0.5, 0.6) is 0 Å². The summed E-state index contributed by atoms with van der Waals surface area (Å²) in [5.74, 6) is 0.831. The van der Waals surface area contributed by atoms with Gasteiger partial charge >= 0.3 is 0 Å². The minimum atomic E-state index is -0.921. The van der Waals surface area contributed by atoms with E-state index in [1.165, 1.54) is 0 Å². The normalized spacial score (nSPS) is 12.1. The van der Waals surface area contributed by atoms with Crippen molar-refractivity contribution < 1.29 is 9.00 Å².